The molecule has 0 aliphatic carbocycles. The van der Waals surface area contributed by atoms with Crippen LogP contribution in [0.2, 0.25) is 0 Å². The predicted octanol–water partition coefficient (Wildman–Crippen LogP) is 3.95. The van der Waals surface area contributed by atoms with Gasteiger partial charge in [-0.05, 0) is 71.6 Å². The summed E-state index contributed by atoms with van der Waals surface area (Å²) in [5.74, 6) is 3.19. The van der Waals surface area contributed by atoms with Crippen molar-refractivity contribution >= 4 is 23.3 Å². The fourth-order valence-electron chi connectivity index (χ4n) is 4.94. The number of aromatic nitrogens is 3. The van der Waals surface area contributed by atoms with Crippen LogP contribution < -0.4 is 21.5 Å². The molecule has 192 valence electrons. The molecule has 0 spiro atoms. The maximum Gasteiger partial charge on any atom is 0.268 e. The van der Waals surface area contributed by atoms with Crippen LogP contribution in [-0.2, 0) is 6.54 Å². The summed E-state index contributed by atoms with van der Waals surface area (Å²) >= 11 is 0. The van der Waals surface area contributed by atoms with E-state index >= 15 is 0 Å². The molecule has 3 aromatic heterocycles. The van der Waals surface area contributed by atoms with Crippen LogP contribution in [0.4, 0.5) is 11.5 Å². The first-order valence-corrected chi connectivity index (χ1v) is 12.8. The van der Waals surface area contributed by atoms with Gasteiger partial charge in [-0.3, -0.25) is 19.3 Å². The van der Waals surface area contributed by atoms with E-state index in [2.05, 4.69) is 67.2 Å². The van der Waals surface area contributed by atoms with Crippen molar-refractivity contribution in [2.45, 2.75) is 19.3 Å². The minimum atomic E-state index is -0.458. The Balaban J connectivity index is 1.29. The van der Waals surface area contributed by atoms with Crippen molar-refractivity contribution in [3.05, 3.63) is 112 Å². The summed E-state index contributed by atoms with van der Waals surface area (Å²) in [5.41, 5.74) is 7.15. The average molecular weight is 514 g/mol. The van der Waals surface area contributed by atoms with E-state index in [-0.39, 0.29) is 11.1 Å². The average Bonchev–Trinajstić information content (AvgIpc) is 3.00. The first kappa shape index (κ1) is 24.3. The molecular formula is C31H27N7O. The lowest BCUT2D eigenvalue weighted by atomic mass is 10.0. The summed E-state index contributed by atoms with van der Waals surface area (Å²) in [6.45, 7) is 2.21. The molecule has 0 saturated heterocycles. The summed E-state index contributed by atoms with van der Waals surface area (Å²) in [6, 6.07) is 15.8. The number of benzene rings is 1. The van der Waals surface area contributed by atoms with Gasteiger partial charge in [0, 0.05) is 54.4 Å². The molecule has 0 saturated carbocycles. The van der Waals surface area contributed by atoms with E-state index < -0.39 is 6.29 Å². The second kappa shape index (κ2) is 10.8. The Morgan fingerprint density at radius 1 is 1.05 bits per heavy atom. The van der Waals surface area contributed by atoms with Gasteiger partial charge in [-0.1, -0.05) is 24.1 Å². The van der Waals surface area contributed by atoms with Crippen LogP contribution in [-0.4, -0.2) is 40.1 Å². The SMILES string of the molecule is C#Cc1cc2c(n(Cc3ccncc3-c3ccncc3)c1=O)NC(Nc1ccc(C3=CCNCC3)cc1)N=C2. The van der Waals surface area contributed by atoms with Gasteiger partial charge in [-0.2, -0.15) is 0 Å². The highest BCUT2D eigenvalue weighted by Gasteiger charge is 2.21. The number of rotatable bonds is 6. The van der Waals surface area contributed by atoms with E-state index in [4.69, 9.17) is 6.42 Å². The normalized spacial score (nSPS) is 16.0. The second-order valence-electron chi connectivity index (χ2n) is 9.40. The van der Waals surface area contributed by atoms with Crippen molar-refractivity contribution in [3.63, 3.8) is 0 Å². The van der Waals surface area contributed by atoms with Crippen molar-refractivity contribution in [2.24, 2.45) is 4.99 Å². The fraction of sp³-hybridized carbons (Fsp3) is 0.161. The molecule has 2 aliphatic heterocycles. The van der Waals surface area contributed by atoms with E-state index in [0.29, 0.717) is 12.4 Å². The molecule has 2 aliphatic rings. The number of aliphatic imine (C=N–C) groups is 1. The highest BCUT2D eigenvalue weighted by atomic mass is 16.1. The largest absolute Gasteiger partial charge is 0.347 e. The van der Waals surface area contributed by atoms with Gasteiger partial charge in [0.05, 0.1) is 12.1 Å². The van der Waals surface area contributed by atoms with Crippen molar-refractivity contribution in [1.82, 2.24) is 19.9 Å². The van der Waals surface area contributed by atoms with Crippen LogP contribution >= 0.6 is 0 Å². The van der Waals surface area contributed by atoms with Crippen LogP contribution in [0.1, 0.15) is 28.7 Å². The molecule has 39 heavy (non-hydrogen) atoms. The lowest BCUT2D eigenvalue weighted by Crippen LogP contribution is -2.36. The van der Waals surface area contributed by atoms with E-state index in [9.17, 15) is 4.79 Å². The maximum atomic E-state index is 13.5. The van der Waals surface area contributed by atoms with Gasteiger partial charge in [-0.15, -0.1) is 6.42 Å². The summed E-state index contributed by atoms with van der Waals surface area (Å²) in [7, 11) is 0. The molecule has 5 heterocycles. The number of nitrogens with zero attached hydrogens (tertiary/aromatic N) is 4. The Morgan fingerprint density at radius 2 is 1.87 bits per heavy atom. The highest BCUT2D eigenvalue weighted by Crippen LogP contribution is 2.27. The highest BCUT2D eigenvalue weighted by molar-refractivity contribution is 5.89. The molecule has 0 amide bonds. The topological polar surface area (TPSA) is 96.2 Å². The van der Waals surface area contributed by atoms with Crippen molar-refractivity contribution < 1.29 is 0 Å². The molecule has 8 nitrogen and oxygen atoms in total. The molecule has 6 rings (SSSR count). The van der Waals surface area contributed by atoms with Crippen LogP contribution in [0.5, 0.6) is 0 Å². The number of anilines is 2. The molecule has 0 radical (unpaired) electrons. The van der Waals surface area contributed by atoms with E-state index in [1.165, 1.54) is 11.1 Å². The van der Waals surface area contributed by atoms with Crippen molar-refractivity contribution in [3.8, 4) is 23.5 Å². The smallest absolute Gasteiger partial charge is 0.268 e. The lowest BCUT2D eigenvalue weighted by Gasteiger charge is -2.27. The zero-order valence-corrected chi connectivity index (χ0v) is 21.3. The first-order valence-electron chi connectivity index (χ1n) is 12.8. The number of hydrogen-bond donors (Lipinski definition) is 3. The Morgan fingerprint density at radius 3 is 2.64 bits per heavy atom. The number of pyridine rings is 3. The maximum absolute atomic E-state index is 13.5. The minimum absolute atomic E-state index is 0.241. The number of fused-ring (bicyclic) bond motifs is 1. The number of nitrogens with one attached hydrogen (secondary N) is 3. The third-order valence-corrected chi connectivity index (χ3v) is 6.96. The summed E-state index contributed by atoms with van der Waals surface area (Å²) in [6.07, 6.45) is 17.3. The van der Waals surface area contributed by atoms with Gasteiger partial charge in [0.1, 0.15) is 5.82 Å². The monoisotopic (exact) mass is 513 g/mol. The molecule has 8 heteroatoms. The summed E-state index contributed by atoms with van der Waals surface area (Å²) in [4.78, 5) is 26.5. The Kier molecular flexibility index (Phi) is 6.73. The van der Waals surface area contributed by atoms with Crippen molar-refractivity contribution in [2.75, 3.05) is 23.7 Å². The van der Waals surface area contributed by atoms with Gasteiger partial charge in [0.25, 0.3) is 5.56 Å². The summed E-state index contributed by atoms with van der Waals surface area (Å²) < 4.78 is 1.68. The fourth-order valence-corrected chi connectivity index (χ4v) is 4.94. The van der Waals surface area contributed by atoms with Gasteiger partial charge >= 0.3 is 0 Å². The first-order chi connectivity index (χ1) is 19.2. The molecule has 1 atom stereocenters. The molecular weight excluding hydrogens is 486 g/mol. The Labute approximate surface area is 226 Å². The zero-order valence-electron chi connectivity index (χ0n) is 21.3. The molecule has 0 bridgehead atoms. The summed E-state index contributed by atoms with van der Waals surface area (Å²) in [5, 5.41) is 10.2. The van der Waals surface area contributed by atoms with Crippen LogP contribution in [0.25, 0.3) is 16.7 Å². The van der Waals surface area contributed by atoms with Gasteiger partial charge in [-0.25, -0.2) is 4.99 Å². The van der Waals surface area contributed by atoms with E-state index in [1.54, 1.807) is 41.6 Å². The zero-order chi connectivity index (χ0) is 26.6. The van der Waals surface area contributed by atoms with Crippen LogP contribution in [0, 0.1) is 12.3 Å². The molecule has 1 aromatic carbocycles. The second-order valence-corrected chi connectivity index (χ2v) is 9.40. The Bertz CT molecular complexity index is 1660. The van der Waals surface area contributed by atoms with Gasteiger partial charge < -0.3 is 16.0 Å². The van der Waals surface area contributed by atoms with Crippen molar-refractivity contribution in [1.29, 1.82) is 0 Å². The van der Waals surface area contributed by atoms with E-state index in [1.807, 2.05) is 18.2 Å². The van der Waals surface area contributed by atoms with E-state index in [0.717, 1.165) is 47.5 Å². The molecule has 0 fully saturated rings. The lowest BCUT2D eigenvalue weighted by molar-refractivity contribution is 0.734. The number of hydrogen-bond acceptors (Lipinski definition) is 7. The predicted molar refractivity (Wildman–Crippen MR) is 156 cm³/mol. The molecule has 3 N–H and O–H groups in total. The molecule has 4 aromatic rings. The quantitative estimate of drug-likeness (QED) is 0.338. The van der Waals surface area contributed by atoms with Crippen LogP contribution in [0.15, 0.2) is 89.2 Å². The standard InChI is InChI=1S/C31H27N7O/c1-2-21-17-26-18-35-31(36-27-5-3-22(4-6-27)23-7-12-32-13-8-23)37-29(26)38(30(21)39)20-25-11-16-34-19-28(25)24-9-14-33-15-10-24/h1,3-7,9-11,14-19,31-32,36-37H,8,12-13,20H2. The third kappa shape index (κ3) is 5.08. The third-order valence-electron chi connectivity index (χ3n) is 6.96. The minimum Gasteiger partial charge on any atom is -0.347 e. The van der Waals surface area contributed by atoms with Gasteiger partial charge in [0.15, 0.2) is 6.29 Å². The van der Waals surface area contributed by atoms with Crippen LogP contribution in [0.3, 0.4) is 0 Å². The molecule has 1 unspecified atom stereocenters. The Hall–Kier alpha value is -5.00. The number of terminal acetylenes is 1. The van der Waals surface area contributed by atoms with Gasteiger partial charge in [0.2, 0.25) is 0 Å².